The molecular weight excluding hydrogens is 350 g/mol. The molecule has 0 fully saturated rings. The van der Waals surface area contributed by atoms with Crippen molar-refractivity contribution in [2.24, 2.45) is 5.16 Å². The Kier molecular flexibility index (Phi) is 6.20. The zero-order chi connectivity index (χ0) is 20.1. The molecule has 0 amide bonds. The second kappa shape index (κ2) is 8.61. The van der Waals surface area contributed by atoms with E-state index in [9.17, 15) is 0 Å². The van der Waals surface area contributed by atoms with Crippen molar-refractivity contribution in [1.29, 1.82) is 0 Å². The minimum Gasteiger partial charge on any atom is -0.490 e. The Bertz CT molecular complexity index is 876. The van der Waals surface area contributed by atoms with Gasteiger partial charge in [-0.25, -0.2) is 0 Å². The number of hydrogen-bond donors (Lipinski definition) is 0. The minimum atomic E-state index is -0.346. The Morgan fingerprint density at radius 2 is 1.57 bits per heavy atom. The van der Waals surface area contributed by atoms with E-state index < -0.39 is 0 Å². The average molecular weight is 380 g/mol. The molecule has 148 valence electrons. The lowest BCUT2D eigenvalue weighted by Gasteiger charge is -2.16. The first-order valence-electron chi connectivity index (χ1n) is 9.75. The molecule has 0 radical (unpaired) electrons. The van der Waals surface area contributed by atoms with Crippen LogP contribution in [-0.2, 0) is 9.57 Å². The Labute approximate surface area is 167 Å². The molecule has 28 heavy (non-hydrogen) atoms. The molecule has 0 aromatic heterocycles. The predicted molar refractivity (Wildman–Crippen MR) is 114 cm³/mol. The summed E-state index contributed by atoms with van der Waals surface area (Å²) in [7, 11) is 0. The summed E-state index contributed by atoms with van der Waals surface area (Å²) in [5, 5.41) is 4.49. The molecule has 4 heteroatoms. The Hall–Kier alpha value is -2.59. The zero-order valence-corrected chi connectivity index (χ0v) is 17.4. The van der Waals surface area contributed by atoms with Gasteiger partial charge < -0.3 is 14.3 Å². The maximum Gasteiger partial charge on any atom is 0.129 e. The lowest BCUT2D eigenvalue weighted by Crippen LogP contribution is -2.17. The first-order valence-corrected chi connectivity index (χ1v) is 9.75. The van der Waals surface area contributed by atoms with Gasteiger partial charge in [-0.3, -0.25) is 0 Å². The fourth-order valence-corrected chi connectivity index (χ4v) is 2.92. The summed E-state index contributed by atoms with van der Waals surface area (Å²) in [5.41, 5.74) is 4.96. The number of ether oxygens (including phenoxy) is 2. The van der Waals surface area contributed by atoms with Crippen molar-refractivity contribution in [1.82, 2.24) is 0 Å². The van der Waals surface area contributed by atoms with Gasteiger partial charge in [0.1, 0.15) is 23.7 Å². The summed E-state index contributed by atoms with van der Waals surface area (Å²) in [6.07, 6.45) is 4.19. The molecule has 1 aliphatic rings. The van der Waals surface area contributed by atoms with Crippen molar-refractivity contribution < 1.29 is 14.3 Å². The second-order valence-corrected chi connectivity index (χ2v) is 8.06. The number of benzene rings is 2. The summed E-state index contributed by atoms with van der Waals surface area (Å²) in [4.78, 5) is 5.73. The molecule has 0 bridgehead atoms. The number of rotatable bonds is 7. The summed E-state index contributed by atoms with van der Waals surface area (Å²) in [6, 6.07) is 14.4. The molecule has 2 aromatic rings. The van der Waals surface area contributed by atoms with E-state index in [1.54, 1.807) is 0 Å². The van der Waals surface area contributed by atoms with Crippen LogP contribution in [0.4, 0.5) is 0 Å². The Morgan fingerprint density at radius 1 is 0.893 bits per heavy atom. The molecule has 0 aliphatic heterocycles. The van der Waals surface area contributed by atoms with E-state index in [4.69, 9.17) is 14.3 Å². The fourth-order valence-electron chi connectivity index (χ4n) is 2.92. The highest BCUT2D eigenvalue weighted by atomic mass is 16.6. The van der Waals surface area contributed by atoms with Crippen LogP contribution in [0.25, 0.3) is 11.1 Å². The third-order valence-electron chi connectivity index (χ3n) is 4.17. The molecule has 4 nitrogen and oxygen atoms in total. The van der Waals surface area contributed by atoms with Crippen molar-refractivity contribution in [3.8, 4) is 16.9 Å². The van der Waals surface area contributed by atoms with Crippen LogP contribution in [0.15, 0.2) is 59.8 Å². The molecule has 0 saturated carbocycles. The molecule has 2 aromatic carbocycles. The van der Waals surface area contributed by atoms with Crippen molar-refractivity contribution >= 4 is 5.71 Å². The van der Waals surface area contributed by atoms with Crippen LogP contribution in [0.1, 0.15) is 45.7 Å². The molecule has 1 aliphatic carbocycles. The van der Waals surface area contributed by atoms with E-state index in [0.717, 1.165) is 28.2 Å². The monoisotopic (exact) mass is 379 g/mol. The van der Waals surface area contributed by atoms with Gasteiger partial charge in [-0.1, -0.05) is 35.5 Å². The van der Waals surface area contributed by atoms with Gasteiger partial charge in [0.25, 0.3) is 0 Å². The lowest BCUT2D eigenvalue weighted by atomic mass is 10.1. The molecule has 3 rings (SSSR count). The molecular formula is C24H29NO3. The molecule has 0 unspecified atom stereocenters. The summed E-state index contributed by atoms with van der Waals surface area (Å²) >= 11 is 0. The first-order chi connectivity index (χ1) is 13.3. The topological polar surface area (TPSA) is 40.0 Å². The van der Waals surface area contributed by atoms with Gasteiger partial charge in [-0.15, -0.1) is 0 Å². The van der Waals surface area contributed by atoms with Crippen LogP contribution in [0.5, 0.6) is 5.75 Å². The lowest BCUT2D eigenvalue weighted by molar-refractivity contribution is 0.00121. The highest BCUT2D eigenvalue weighted by molar-refractivity contribution is 6.24. The van der Waals surface area contributed by atoms with E-state index in [1.807, 2.05) is 71.0 Å². The highest BCUT2D eigenvalue weighted by Gasteiger charge is 2.26. The van der Waals surface area contributed by atoms with Crippen LogP contribution < -0.4 is 4.74 Å². The largest absolute Gasteiger partial charge is 0.490 e. The average Bonchev–Trinajstić information content (AvgIpc) is 2.95. The smallest absolute Gasteiger partial charge is 0.129 e. The second-order valence-electron chi connectivity index (χ2n) is 8.06. The van der Waals surface area contributed by atoms with Crippen molar-refractivity contribution in [3.63, 3.8) is 0 Å². The normalized spacial score (nSPS) is 14.6. The summed E-state index contributed by atoms with van der Waals surface area (Å²) in [6.45, 7) is 11.1. The summed E-state index contributed by atoms with van der Waals surface area (Å²) < 4.78 is 11.4. The maximum absolute atomic E-state index is 5.89. The third-order valence-corrected chi connectivity index (χ3v) is 4.17. The van der Waals surface area contributed by atoms with E-state index in [2.05, 4.69) is 23.4 Å². The van der Waals surface area contributed by atoms with E-state index in [0.29, 0.717) is 13.2 Å². The van der Waals surface area contributed by atoms with Crippen LogP contribution in [0, 0.1) is 0 Å². The Morgan fingerprint density at radius 3 is 2.29 bits per heavy atom. The van der Waals surface area contributed by atoms with Crippen molar-refractivity contribution in [3.05, 3.63) is 65.7 Å². The van der Waals surface area contributed by atoms with Gasteiger partial charge in [0.05, 0.1) is 12.7 Å². The molecule has 0 heterocycles. The van der Waals surface area contributed by atoms with E-state index in [-0.39, 0.29) is 11.7 Å². The highest BCUT2D eigenvalue weighted by Crippen LogP contribution is 2.39. The van der Waals surface area contributed by atoms with Crippen molar-refractivity contribution in [2.75, 3.05) is 13.2 Å². The maximum atomic E-state index is 5.89. The number of oxime groups is 1. The Balaban J connectivity index is 1.79. The number of hydrogen-bond acceptors (Lipinski definition) is 4. The fraction of sp³-hybridized carbons (Fsp3) is 0.375. The SMILES string of the molecule is CC(C)OC/C=C/COc1ccc2c(c1)/C(=N\OC(C)(C)C)c1ccccc1-2. The third kappa shape index (κ3) is 5.02. The standard InChI is InChI=1S/C24H29NO3/c1-17(2)26-14-8-9-15-27-18-12-13-20-19-10-6-7-11-21(19)23(22(20)16-18)25-28-24(3,4)5/h6-13,16-17H,14-15H2,1-5H3/b9-8+,25-23-. The van der Waals surface area contributed by atoms with Gasteiger partial charge in [-0.05, 0) is 70.0 Å². The molecule has 0 saturated heterocycles. The van der Waals surface area contributed by atoms with E-state index in [1.165, 1.54) is 5.56 Å². The molecule has 0 spiro atoms. The first kappa shape index (κ1) is 20.2. The molecule has 0 atom stereocenters. The number of fused-ring (bicyclic) bond motifs is 3. The van der Waals surface area contributed by atoms with E-state index >= 15 is 0 Å². The summed E-state index contributed by atoms with van der Waals surface area (Å²) in [5.74, 6) is 0.810. The van der Waals surface area contributed by atoms with Crippen LogP contribution in [0.2, 0.25) is 0 Å². The van der Waals surface area contributed by atoms with Gasteiger partial charge in [0.2, 0.25) is 0 Å². The zero-order valence-electron chi connectivity index (χ0n) is 17.4. The van der Waals surface area contributed by atoms with Gasteiger partial charge in [0.15, 0.2) is 0 Å². The quantitative estimate of drug-likeness (QED) is 0.396. The molecule has 0 N–H and O–H groups in total. The van der Waals surface area contributed by atoms with Gasteiger partial charge in [0, 0.05) is 11.1 Å². The van der Waals surface area contributed by atoms with Gasteiger partial charge in [-0.2, -0.15) is 0 Å². The van der Waals surface area contributed by atoms with Crippen LogP contribution in [-0.4, -0.2) is 30.6 Å². The van der Waals surface area contributed by atoms with Crippen LogP contribution >= 0.6 is 0 Å². The minimum absolute atomic E-state index is 0.233. The van der Waals surface area contributed by atoms with Crippen molar-refractivity contribution in [2.45, 2.75) is 46.3 Å². The predicted octanol–water partition coefficient (Wildman–Crippen LogP) is 5.59. The number of nitrogens with zero attached hydrogens (tertiary/aromatic N) is 1. The van der Waals surface area contributed by atoms with Crippen LogP contribution in [0.3, 0.4) is 0 Å². The van der Waals surface area contributed by atoms with Gasteiger partial charge >= 0.3 is 0 Å².